The van der Waals surface area contributed by atoms with Gasteiger partial charge in [-0.3, -0.25) is 0 Å². The molecule has 1 aliphatic carbocycles. The summed E-state index contributed by atoms with van der Waals surface area (Å²) in [5, 5.41) is 3.90. The van der Waals surface area contributed by atoms with Gasteiger partial charge in [0.1, 0.15) is 0 Å². The average Bonchev–Trinajstić information content (AvgIpc) is 3.26. The SMILES string of the molecule is Fc1ccccc1Oc1c(Cl)cccc1CNC1CC1. The molecule has 0 aromatic heterocycles. The number of benzene rings is 2. The van der Waals surface area contributed by atoms with E-state index < -0.39 is 5.82 Å². The third kappa shape index (κ3) is 3.11. The topological polar surface area (TPSA) is 21.3 Å². The van der Waals surface area contributed by atoms with E-state index in [1.54, 1.807) is 24.3 Å². The first kappa shape index (κ1) is 13.4. The van der Waals surface area contributed by atoms with Gasteiger partial charge in [0.05, 0.1) is 5.02 Å². The van der Waals surface area contributed by atoms with Gasteiger partial charge in [-0.25, -0.2) is 4.39 Å². The Kier molecular flexibility index (Phi) is 3.90. The molecule has 3 rings (SSSR count). The highest BCUT2D eigenvalue weighted by Gasteiger charge is 2.21. The van der Waals surface area contributed by atoms with E-state index in [1.165, 1.54) is 18.9 Å². The van der Waals surface area contributed by atoms with Crippen molar-refractivity contribution < 1.29 is 9.13 Å². The Morgan fingerprint density at radius 3 is 2.70 bits per heavy atom. The molecule has 0 radical (unpaired) electrons. The van der Waals surface area contributed by atoms with Gasteiger partial charge in [0.25, 0.3) is 0 Å². The minimum atomic E-state index is -0.395. The maximum atomic E-state index is 13.7. The molecule has 104 valence electrons. The standard InChI is InChI=1S/C16H15ClFNO/c17-13-5-3-4-11(10-19-12-8-9-12)16(13)20-15-7-2-1-6-14(15)18/h1-7,12,19H,8-10H2. The lowest BCUT2D eigenvalue weighted by molar-refractivity contribution is 0.436. The minimum absolute atomic E-state index is 0.188. The highest BCUT2D eigenvalue weighted by atomic mass is 35.5. The van der Waals surface area contributed by atoms with E-state index in [-0.39, 0.29) is 5.75 Å². The predicted octanol–water partition coefficient (Wildman–Crippen LogP) is 4.52. The first-order valence-electron chi connectivity index (χ1n) is 6.67. The summed E-state index contributed by atoms with van der Waals surface area (Å²) in [4.78, 5) is 0. The highest BCUT2D eigenvalue weighted by Crippen LogP contribution is 2.34. The molecule has 0 amide bonds. The van der Waals surface area contributed by atoms with Gasteiger partial charge in [-0.15, -0.1) is 0 Å². The smallest absolute Gasteiger partial charge is 0.165 e. The number of hydrogen-bond acceptors (Lipinski definition) is 2. The average molecular weight is 292 g/mol. The normalized spacial score (nSPS) is 14.3. The van der Waals surface area contributed by atoms with Crippen molar-refractivity contribution in [2.24, 2.45) is 0 Å². The number of hydrogen-bond donors (Lipinski definition) is 1. The molecule has 0 saturated heterocycles. The van der Waals surface area contributed by atoms with Crippen LogP contribution in [0.1, 0.15) is 18.4 Å². The monoisotopic (exact) mass is 291 g/mol. The maximum absolute atomic E-state index is 13.7. The van der Waals surface area contributed by atoms with Gasteiger partial charge in [-0.1, -0.05) is 35.9 Å². The Balaban J connectivity index is 1.85. The zero-order valence-corrected chi connectivity index (χ0v) is 11.7. The summed E-state index contributed by atoms with van der Waals surface area (Å²) < 4.78 is 19.4. The molecular formula is C16H15ClFNO. The van der Waals surface area contributed by atoms with Gasteiger partial charge in [-0.05, 0) is 31.0 Å². The quantitative estimate of drug-likeness (QED) is 0.874. The molecule has 1 aliphatic rings. The Morgan fingerprint density at radius 1 is 1.15 bits per heavy atom. The largest absolute Gasteiger partial charge is 0.452 e. The van der Waals surface area contributed by atoms with E-state index in [4.69, 9.17) is 16.3 Å². The summed E-state index contributed by atoms with van der Waals surface area (Å²) in [6, 6.07) is 12.5. The van der Waals surface area contributed by atoms with Crippen molar-refractivity contribution in [1.82, 2.24) is 5.32 Å². The van der Waals surface area contributed by atoms with Crippen LogP contribution in [0.4, 0.5) is 4.39 Å². The van der Waals surface area contributed by atoms with Crippen LogP contribution in [0, 0.1) is 5.82 Å². The summed E-state index contributed by atoms with van der Waals surface area (Å²) >= 11 is 6.19. The van der Waals surface area contributed by atoms with Crippen molar-refractivity contribution in [1.29, 1.82) is 0 Å². The van der Waals surface area contributed by atoms with Crippen LogP contribution in [0.2, 0.25) is 5.02 Å². The first-order chi connectivity index (χ1) is 9.74. The lowest BCUT2D eigenvalue weighted by Crippen LogP contribution is -2.15. The fraction of sp³-hybridized carbons (Fsp3) is 0.250. The molecule has 2 aromatic rings. The van der Waals surface area contributed by atoms with Crippen molar-refractivity contribution in [3.05, 3.63) is 58.9 Å². The maximum Gasteiger partial charge on any atom is 0.165 e. The molecule has 0 heterocycles. The second-order valence-corrected chi connectivity index (χ2v) is 5.32. The van der Waals surface area contributed by atoms with E-state index in [9.17, 15) is 4.39 Å². The van der Waals surface area contributed by atoms with E-state index in [1.807, 2.05) is 12.1 Å². The zero-order valence-electron chi connectivity index (χ0n) is 10.9. The van der Waals surface area contributed by atoms with Gasteiger partial charge in [0, 0.05) is 18.2 Å². The Labute approximate surface area is 122 Å². The van der Waals surface area contributed by atoms with E-state index >= 15 is 0 Å². The van der Waals surface area contributed by atoms with Crippen LogP contribution in [0.25, 0.3) is 0 Å². The van der Waals surface area contributed by atoms with Gasteiger partial charge >= 0.3 is 0 Å². The number of rotatable bonds is 5. The lowest BCUT2D eigenvalue weighted by atomic mass is 10.2. The van der Waals surface area contributed by atoms with Crippen molar-refractivity contribution >= 4 is 11.6 Å². The van der Waals surface area contributed by atoms with Crippen LogP contribution < -0.4 is 10.1 Å². The van der Waals surface area contributed by atoms with Crippen molar-refractivity contribution in [2.45, 2.75) is 25.4 Å². The minimum Gasteiger partial charge on any atom is -0.452 e. The number of halogens is 2. The van der Waals surface area contributed by atoms with E-state index in [2.05, 4.69) is 5.32 Å². The van der Waals surface area contributed by atoms with Gasteiger partial charge in [0.15, 0.2) is 17.3 Å². The molecule has 2 nitrogen and oxygen atoms in total. The van der Waals surface area contributed by atoms with Crippen LogP contribution in [-0.4, -0.2) is 6.04 Å². The fourth-order valence-electron chi connectivity index (χ4n) is 1.99. The lowest BCUT2D eigenvalue weighted by Gasteiger charge is -2.13. The Bertz CT molecular complexity index is 613. The third-order valence-corrected chi connectivity index (χ3v) is 3.55. The van der Waals surface area contributed by atoms with Crippen LogP contribution in [-0.2, 0) is 6.54 Å². The Morgan fingerprint density at radius 2 is 1.95 bits per heavy atom. The van der Waals surface area contributed by atoms with Gasteiger partial charge in [-0.2, -0.15) is 0 Å². The summed E-state index contributed by atoms with van der Waals surface area (Å²) in [6.45, 7) is 0.676. The Hall–Kier alpha value is -1.58. The van der Waals surface area contributed by atoms with Crippen molar-refractivity contribution in [3.8, 4) is 11.5 Å². The summed E-state index contributed by atoms with van der Waals surface area (Å²) in [5.74, 6) is 0.314. The molecular weight excluding hydrogens is 277 g/mol. The molecule has 20 heavy (non-hydrogen) atoms. The number of nitrogens with one attached hydrogen (secondary N) is 1. The van der Waals surface area contributed by atoms with Crippen LogP contribution >= 0.6 is 11.6 Å². The molecule has 1 saturated carbocycles. The molecule has 0 bridgehead atoms. The van der Waals surface area contributed by atoms with Crippen molar-refractivity contribution in [3.63, 3.8) is 0 Å². The number of ether oxygens (including phenoxy) is 1. The summed E-state index contributed by atoms with van der Waals surface area (Å²) in [7, 11) is 0. The molecule has 0 atom stereocenters. The molecule has 0 unspecified atom stereocenters. The number of para-hydroxylation sites is 2. The molecule has 1 fully saturated rings. The highest BCUT2D eigenvalue weighted by molar-refractivity contribution is 6.32. The van der Waals surface area contributed by atoms with Crippen LogP contribution in [0.15, 0.2) is 42.5 Å². The fourth-order valence-corrected chi connectivity index (χ4v) is 2.22. The second kappa shape index (κ2) is 5.81. The predicted molar refractivity (Wildman–Crippen MR) is 77.8 cm³/mol. The second-order valence-electron chi connectivity index (χ2n) is 4.92. The molecule has 1 N–H and O–H groups in total. The third-order valence-electron chi connectivity index (χ3n) is 3.26. The van der Waals surface area contributed by atoms with Crippen molar-refractivity contribution in [2.75, 3.05) is 0 Å². The first-order valence-corrected chi connectivity index (χ1v) is 7.05. The van der Waals surface area contributed by atoms with E-state index in [0.29, 0.717) is 23.4 Å². The summed E-state index contributed by atoms with van der Waals surface area (Å²) in [6.07, 6.45) is 2.42. The van der Waals surface area contributed by atoms with Crippen LogP contribution in [0.5, 0.6) is 11.5 Å². The van der Waals surface area contributed by atoms with Crippen LogP contribution in [0.3, 0.4) is 0 Å². The van der Waals surface area contributed by atoms with Gasteiger partial charge in [0.2, 0.25) is 0 Å². The molecule has 2 aromatic carbocycles. The molecule has 0 spiro atoms. The van der Waals surface area contributed by atoms with Gasteiger partial charge < -0.3 is 10.1 Å². The zero-order chi connectivity index (χ0) is 13.9. The molecule has 0 aliphatic heterocycles. The molecule has 4 heteroatoms. The summed E-state index contributed by atoms with van der Waals surface area (Å²) in [5.41, 5.74) is 0.938. The van der Waals surface area contributed by atoms with E-state index in [0.717, 1.165) is 5.56 Å².